The van der Waals surface area contributed by atoms with Crippen molar-refractivity contribution in [2.75, 3.05) is 21.3 Å². The summed E-state index contributed by atoms with van der Waals surface area (Å²) in [7, 11) is 4.68. The van der Waals surface area contributed by atoms with E-state index >= 15 is 0 Å². The summed E-state index contributed by atoms with van der Waals surface area (Å²) in [4.78, 5) is 27.0. The summed E-state index contributed by atoms with van der Waals surface area (Å²) in [6, 6.07) is 9.95. The number of benzene rings is 2. The van der Waals surface area contributed by atoms with Gasteiger partial charge >= 0.3 is 0 Å². The number of methoxy groups -OCH3 is 2. The summed E-state index contributed by atoms with van der Waals surface area (Å²) in [5.41, 5.74) is 3.22. The number of carbonyl (C=O) groups excluding carboxylic acids is 2. The average Bonchev–Trinajstić information content (AvgIpc) is 2.67. The highest BCUT2D eigenvalue weighted by molar-refractivity contribution is 6.04. The number of hydrogen-bond donors (Lipinski definition) is 0. The van der Waals surface area contributed by atoms with Gasteiger partial charge in [0.05, 0.1) is 20.3 Å². The fourth-order valence-corrected chi connectivity index (χ4v) is 2.66. The molecule has 2 rings (SSSR count). The first kappa shape index (κ1) is 19.5. The molecule has 26 heavy (non-hydrogen) atoms. The van der Waals surface area contributed by atoms with E-state index < -0.39 is 6.04 Å². The Morgan fingerprint density at radius 1 is 0.885 bits per heavy atom. The van der Waals surface area contributed by atoms with Gasteiger partial charge in [-0.05, 0) is 56.2 Å². The Hall–Kier alpha value is -2.82. The van der Waals surface area contributed by atoms with Gasteiger partial charge in [0.15, 0.2) is 17.3 Å². The van der Waals surface area contributed by atoms with Crippen LogP contribution in [0.3, 0.4) is 0 Å². The predicted octanol–water partition coefficient (Wildman–Crippen LogP) is 3.66. The molecule has 0 bridgehead atoms. The topological polar surface area (TPSA) is 55.8 Å². The van der Waals surface area contributed by atoms with Gasteiger partial charge in [-0.25, -0.2) is 0 Å². The van der Waals surface area contributed by atoms with Crippen molar-refractivity contribution in [2.24, 2.45) is 0 Å². The summed E-state index contributed by atoms with van der Waals surface area (Å²) in [6.45, 7) is 5.70. The predicted molar refractivity (Wildman–Crippen MR) is 101 cm³/mol. The normalized spacial score (nSPS) is 11.6. The molecule has 0 aliphatic rings. The summed E-state index contributed by atoms with van der Waals surface area (Å²) in [5.74, 6) is 0.672. The van der Waals surface area contributed by atoms with Crippen molar-refractivity contribution in [3.05, 3.63) is 58.7 Å². The van der Waals surface area contributed by atoms with Crippen molar-refractivity contribution < 1.29 is 19.1 Å². The monoisotopic (exact) mass is 355 g/mol. The van der Waals surface area contributed by atoms with Crippen LogP contribution >= 0.6 is 0 Å². The first-order chi connectivity index (χ1) is 12.3. The van der Waals surface area contributed by atoms with Gasteiger partial charge in [0, 0.05) is 18.2 Å². The molecule has 0 aliphatic carbocycles. The van der Waals surface area contributed by atoms with E-state index in [1.165, 1.54) is 19.1 Å². The van der Waals surface area contributed by atoms with Gasteiger partial charge in [-0.2, -0.15) is 0 Å². The van der Waals surface area contributed by atoms with Crippen LogP contribution in [-0.2, 0) is 0 Å². The Labute approximate surface area is 154 Å². The molecule has 0 heterocycles. The highest BCUT2D eigenvalue weighted by atomic mass is 16.5. The number of Topliss-reactive ketones (excluding diaryl/α,β-unsaturated/α-hetero) is 1. The molecule has 2 aromatic carbocycles. The Morgan fingerprint density at radius 3 is 2.08 bits per heavy atom. The maximum atomic E-state index is 12.8. The molecule has 1 unspecified atom stereocenters. The Kier molecular flexibility index (Phi) is 6.03. The molecule has 0 aliphatic heterocycles. The van der Waals surface area contributed by atoms with E-state index in [2.05, 4.69) is 0 Å². The average molecular weight is 355 g/mol. The number of carbonyl (C=O) groups is 2. The minimum atomic E-state index is -0.585. The molecule has 0 spiro atoms. The molecular weight excluding hydrogens is 330 g/mol. The lowest BCUT2D eigenvalue weighted by Gasteiger charge is -2.24. The zero-order chi connectivity index (χ0) is 19.4. The van der Waals surface area contributed by atoms with Crippen LogP contribution in [0.5, 0.6) is 11.5 Å². The van der Waals surface area contributed by atoms with Gasteiger partial charge in [-0.3, -0.25) is 9.59 Å². The first-order valence-electron chi connectivity index (χ1n) is 8.40. The third-order valence-corrected chi connectivity index (χ3v) is 4.70. The molecule has 2 aromatic rings. The lowest BCUT2D eigenvalue weighted by atomic mass is 9.99. The number of amides is 1. The van der Waals surface area contributed by atoms with Crippen LogP contribution in [0.1, 0.15) is 38.8 Å². The summed E-state index contributed by atoms with van der Waals surface area (Å²) < 4.78 is 10.4. The zero-order valence-electron chi connectivity index (χ0n) is 16.1. The highest BCUT2D eigenvalue weighted by Gasteiger charge is 2.25. The summed E-state index contributed by atoms with van der Waals surface area (Å²) in [6.07, 6.45) is 0. The highest BCUT2D eigenvalue weighted by Crippen LogP contribution is 2.28. The van der Waals surface area contributed by atoms with Crippen molar-refractivity contribution in [2.45, 2.75) is 26.8 Å². The van der Waals surface area contributed by atoms with Crippen LogP contribution in [0, 0.1) is 13.8 Å². The van der Waals surface area contributed by atoms with E-state index in [-0.39, 0.29) is 11.7 Å². The van der Waals surface area contributed by atoms with Crippen LogP contribution in [0.2, 0.25) is 0 Å². The number of ether oxygens (including phenoxy) is 2. The standard InChI is InChI=1S/C21H25NO4/c1-13-7-8-16(11-14(13)2)20(23)15(3)22(4)21(24)17-9-10-18(25-5)19(12-17)26-6/h7-12,15H,1-6H3. The number of nitrogens with zero attached hydrogens (tertiary/aromatic N) is 1. The number of rotatable bonds is 6. The maximum Gasteiger partial charge on any atom is 0.254 e. The minimum absolute atomic E-state index is 0.0931. The third-order valence-electron chi connectivity index (χ3n) is 4.70. The molecule has 138 valence electrons. The zero-order valence-corrected chi connectivity index (χ0v) is 16.1. The van der Waals surface area contributed by atoms with Gasteiger partial charge in [-0.1, -0.05) is 12.1 Å². The number of aryl methyl sites for hydroxylation is 2. The van der Waals surface area contributed by atoms with Crippen molar-refractivity contribution >= 4 is 11.7 Å². The molecule has 0 saturated heterocycles. The fourth-order valence-electron chi connectivity index (χ4n) is 2.66. The van der Waals surface area contributed by atoms with Gasteiger partial charge < -0.3 is 14.4 Å². The van der Waals surface area contributed by atoms with E-state index in [1.807, 2.05) is 26.0 Å². The van der Waals surface area contributed by atoms with Gasteiger partial charge in [0.2, 0.25) is 0 Å². The third kappa shape index (κ3) is 3.87. The molecular formula is C21H25NO4. The van der Waals surface area contributed by atoms with Crippen LogP contribution in [0.25, 0.3) is 0 Å². The van der Waals surface area contributed by atoms with Crippen LogP contribution < -0.4 is 9.47 Å². The van der Waals surface area contributed by atoms with Crippen molar-refractivity contribution in [1.82, 2.24) is 4.90 Å². The fraction of sp³-hybridized carbons (Fsp3) is 0.333. The smallest absolute Gasteiger partial charge is 0.254 e. The second kappa shape index (κ2) is 8.04. The molecule has 0 fully saturated rings. The van der Waals surface area contributed by atoms with E-state index in [0.717, 1.165) is 11.1 Å². The van der Waals surface area contributed by atoms with Gasteiger partial charge in [0.25, 0.3) is 5.91 Å². The summed E-state index contributed by atoms with van der Waals surface area (Å²) in [5, 5.41) is 0. The second-order valence-corrected chi connectivity index (χ2v) is 6.33. The van der Waals surface area contributed by atoms with Crippen LogP contribution in [-0.4, -0.2) is 43.9 Å². The molecule has 5 nitrogen and oxygen atoms in total. The lowest BCUT2D eigenvalue weighted by Crippen LogP contribution is -2.40. The first-order valence-corrected chi connectivity index (χ1v) is 8.40. The van der Waals surface area contributed by atoms with Gasteiger partial charge in [0.1, 0.15) is 0 Å². The van der Waals surface area contributed by atoms with Crippen molar-refractivity contribution in [3.8, 4) is 11.5 Å². The quantitative estimate of drug-likeness (QED) is 0.742. The lowest BCUT2D eigenvalue weighted by molar-refractivity contribution is 0.0674. The minimum Gasteiger partial charge on any atom is -0.493 e. The Balaban J connectivity index is 2.23. The number of ketones is 1. The molecule has 0 saturated carbocycles. The van der Waals surface area contributed by atoms with Crippen LogP contribution in [0.15, 0.2) is 36.4 Å². The number of hydrogen-bond acceptors (Lipinski definition) is 4. The maximum absolute atomic E-state index is 12.8. The largest absolute Gasteiger partial charge is 0.493 e. The SMILES string of the molecule is COc1ccc(C(=O)N(C)C(C)C(=O)c2ccc(C)c(C)c2)cc1OC. The molecule has 0 radical (unpaired) electrons. The molecule has 0 N–H and O–H groups in total. The van der Waals surface area contributed by atoms with Crippen molar-refractivity contribution in [3.63, 3.8) is 0 Å². The van der Waals surface area contributed by atoms with E-state index in [1.54, 1.807) is 38.2 Å². The van der Waals surface area contributed by atoms with Gasteiger partial charge in [-0.15, -0.1) is 0 Å². The van der Waals surface area contributed by atoms with Crippen molar-refractivity contribution in [1.29, 1.82) is 0 Å². The van der Waals surface area contributed by atoms with E-state index in [9.17, 15) is 9.59 Å². The molecule has 0 aromatic heterocycles. The molecule has 1 atom stereocenters. The molecule has 1 amide bonds. The second-order valence-electron chi connectivity index (χ2n) is 6.33. The number of likely N-dealkylation sites (N-methyl/N-ethyl adjacent to an activating group) is 1. The van der Waals surface area contributed by atoms with Crippen LogP contribution in [0.4, 0.5) is 0 Å². The Bertz CT molecular complexity index is 829. The van der Waals surface area contributed by atoms with E-state index in [4.69, 9.17) is 9.47 Å². The Morgan fingerprint density at radius 2 is 1.50 bits per heavy atom. The van der Waals surface area contributed by atoms with E-state index in [0.29, 0.717) is 22.6 Å². The summed E-state index contributed by atoms with van der Waals surface area (Å²) >= 11 is 0. The molecule has 5 heteroatoms.